The number of ether oxygens (including phenoxy) is 1. The number of aliphatic imine (C=N–C) groups is 1. The molecule has 0 aliphatic carbocycles. The van der Waals surface area contributed by atoms with E-state index in [1.54, 1.807) is 26.2 Å². The Balaban J connectivity index is 1.82. The largest absolute Gasteiger partial charge is 0.484 e. The van der Waals surface area contributed by atoms with Crippen molar-refractivity contribution in [1.29, 1.82) is 0 Å². The first-order chi connectivity index (χ1) is 14.0. The molecule has 0 atom stereocenters. The quantitative estimate of drug-likeness (QED) is 0.369. The number of carbonyl (C=O) groups excluding carboxylic acids is 2. The van der Waals surface area contributed by atoms with Gasteiger partial charge in [0.2, 0.25) is 0 Å². The lowest BCUT2D eigenvalue weighted by atomic mass is 10.1. The van der Waals surface area contributed by atoms with Crippen LogP contribution in [0.15, 0.2) is 53.5 Å². The summed E-state index contributed by atoms with van der Waals surface area (Å²) in [5.74, 6) is 0.635. The van der Waals surface area contributed by atoms with Gasteiger partial charge in [0.25, 0.3) is 11.8 Å². The molecule has 2 aromatic carbocycles. The Morgan fingerprint density at radius 1 is 1.07 bits per heavy atom. The van der Waals surface area contributed by atoms with E-state index in [0.717, 1.165) is 17.5 Å². The molecule has 0 saturated heterocycles. The number of rotatable bonds is 9. The van der Waals surface area contributed by atoms with Crippen LogP contribution in [0.1, 0.15) is 21.5 Å². The summed E-state index contributed by atoms with van der Waals surface area (Å²) in [5.41, 5.74) is 7.78. The topological polar surface area (TPSA) is 118 Å². The maximum atomic E-state index is 11.7. The molecular weight excluding hydrogens is 370 g/mol. The first-order valence-corrected chi connectivity index (χ1v) is 9.27. The van der Waals surface area contributed by atoms with Crippen LogP contribution in [0.25, 0.3) is 0 Å². The molecule has 0 saturated carbocycles. The molecule has 0 heterocycles. The van der Waals surface area contributed by atoms with Gasteiger partial charge < -0.3 is 26.4 Å². The number of nitrogens with two attached hydrogens (primary N) is 1. The third-order valence-electron chi connectivity index (χ3n) is 4.09. The highest BCUT2D eigenvalue weighted by Crippen LogP contribution is 2.13. The first kappa shape index (κ1) is 21.7. The maximum Gasteiger partial charge on any atom is 0.255 e. The third-order valence-corrected chi connectivity index (χ3v) is 4.09. The van der Waals surface area contributed by atoms with Gasteiger partial charge in [-0.05, 0) is 41.8 Å². The van der Waals surface area contributed by atoms with Gasteiger partial charge in [-0.15, -0.1) is 0 Å². The van der Waals surface area contributed by atoms with Crippen LogP contribution >= 0.6 is 0 Å². The Hall–Kier alpha value is -3.55. The van der Waals surface area contributed by atoms with Gasteiger partial charge in [-0.2, -0.15) is 0 Å². The number of hydrogen-bond acceptors (Lipinski definition) is 4. The molecule has 0 aromatic heterocycles. The minimum atomic E-state index is -0.515. The van der Waals surface area contributed by atoms with E-state index in [0.29, 0.717) is 30.4 Å². The first-order valence-electron chi connectivity index (χ1n) is 9.27. The molecule has 154 valence electrons. The summed E-state index contributed by atoms with van der Waals surface area (Å²) in [5, 5.41) is 9.11. The van der Waals surface area contributed by atoms with Crippen molar-refractivity contribution in [3.05, 3.63) is 65.2 Å². The zero-order valence-corrected chi connectivity index (χ0v) is 16.7. The van der Waals surface area contributed by atoms with E-state index in [1.165, 1.54) is 0 Å². The molecule has 0 unspecified atom stereocenters. The minimum absolute atomic E-state index is 0.0978. The van der Waals surface area contributed by atoms with Crippen LogP contribution in [0.5, 0.6) is 5.75 Å². The van der Waals surface area contributed by atoms with Crippen LogP contribution in [-0.2, 0) is 17.8 Å². The molecule has 8 heteroatoms. The lowest BCUT2D eigenvalue weighted by Gasteiger charge is -2.13. The molecule has 0 bridgehead atoms. The number of benzene rings is 2. The average molecular weight is 397 g/mol. The second-order valence-corrected chi connectivity index (χ2v) is 6.28. The number of carbonyl (C=O) groups is 2. The minimum Gasteiger partial charge on any atom is -0.484 e. The van der Waals surface area contributed by atoms with Gasteiger partial charge in [0.05, 0.1) is 0 Å². The predicted octanol–water partition coefficient (Wildman–Crippen LogP) is 0.818. The van der Waals surface area contributed by atoms with E-state index in [4.69, 9.17) is 10.5 Å². The lowest BCUT2D eigenvalue weighted by Crippen LogP contribution is -2.37. The van der Waals surface area contributed by atoms with Gasteiger partial charge >= 0.3 is 0 Å². The number of nitrogens with one attached hydrogen (secondary N) is 3. The van der Waals surface area contributed by atoms with Crippen molar-refractivity contribution in [2.45, 2.75) is 13.0 Å². The second-order valence-electron chi connectivity index (χ2n) is 6.28. The molecule has 8 nitrogen and oxygen atoms in total. The van der Waals surface area contributed by atoms with Crippen LogP contribution in [0, 0.1) is 0 Å². The van der Waals surface area contributed by atoms with E-state index >= 15 is 0 Å². The van der Waals surface area contributed by atoms with Crippen LogP contribution < -0.4 is 26.4 Å². The number of hydrogen-bond donors (Lipinski definition) is 4. The monoisotopic (exact) mass is 397 g/mol. The molecule has 0 radical (unpaired) electrons. The Kier molecular flexibility index (Phi) is 8.50. The summed E-state index contributed by atoms with van der Waals surface area (Å²) in [6, 6.07) is 14.9. The summed E-state index contributed by atoms with van der Waals surface area (Å²) in [6.45, 7) is 1.06. The highest BCUT2D eigenvalue weighted by molar-refractivity contribution is 5.94. The standard InChI is InChI=1S/C21H27N5O3/c1-23-20(28)17-7-3-5-15(11-17)9-10-25-21(24-2)26-13-16-6-4-8-18(12-16)29-14-19(22)27/h3-8,11-12H,9-10,13-14H2,1-2H3,(H2,22,27)(H,23,28)(H2,24,25,26). The maximum absolute atomic E-state index is 11.7. The van der Waals surface area contributed by atoms with Crippen LogP contribution in [-0.4, -0.2) is 45.0 Å². The van der Waals surface area contributed by atoms with Crippen LogP contribution in [0.4, 0.5) is 0 Å². The fourth-order valence-corrected chi connectivity index (χ4v) is 2.64. The summed E-state index contributed by atoms with van der Waals surface area (Å²) < 4.78 is 5.31. The molecule has 0 aliphatic rings. The van der Waals surface area contributed by atoms with Gasteiger partial charge in [0.15, 0.2) is 12.6 Å². The van der Waals surface area contributed by atoms with Crippen molar-refractivity contribution >= 4 is 17.8 Å². The molecule has 5 N–H and O–H groups in total. The third kappa shape index (κ3) is 7.53. The number of amides is 2. The Bertz CT molecular complexity index is 867. The molecular formula is C21H27N5O3. The molecule has 2 amide bonds. The van der Waals surface area contributed by atoms with Crippen molar-refractivity contribution < 1.29 is 14.3 Å². The van der Waals surface area contributed by atoms with Gasteiger partial charge in [-0.25, -0.2) is 0 Å². The smallest absolute Gasteiger partial charge is 0.255 e. The fourth-order valence-electron chi connectivity index (χ4n) is 2.64. The Morgan fingerprint density at radius 3 is 2.55 bits per heavy atom. The zero-order valence-electron chi connectivity index (χ0n) is 16.7. The Labute approximate surface area is 170 Å². The molecule has 29 heavy (non-hydrogen) atoms. The van der Waals surface area contributed by atoms with Crippen LogP contribution in [0.3, 0.4) is 0 Å². The predicted molar refractivity (Wildman–Crippen MR) is 113 cm³/mol. The summed E-state index contributed by atoms with van der Waals surface area (Å²) >= 11 is 0. The van der Waals surface area contributed by atoms with E-state index in [1.807, 2.05) is 36.4 Å². The van der Waals surface area contributed by atoms with Crippen LogP contribution in [0.2, 0.25) is 0 Å². The normalized spacial score (nSPS) is 10.9. The van der Waals surface area contributed by atoms with Gasteiger partial charge in [0.1, 0.15) is 5.75 Å². The van der Waals surface area contributed by atoms with Crippen molar-refractivity contribution in [3.8, 4) is 5.75 Å². The van der Waals surface area contributed by atoms with E-state index in [9.17, 15) is 9.59 Å². The molecule has 2 aromatic rings. The highest BCUT2D eigenvalue weighted by atomic mass is 16.5. The summed E-state index contributed by atoms with van der Waals surface area (Å²) in [4.78, 5) is 26.8. The van der Waals surface area contributed by atoms with E-state index < -0.39 is 5.91 Å². The molecule has 2 rings (SSSR count). The number of primary amides is 1. The van der Waals surface area contributed by atoms with Gasteiger partial charge in [0, 0.05) is 32.7 Å². The zero-order chi connectivity index (χ0) is 21.1. The SMILES string of the molecule is CN=C(NCCc1cccc(C(=O)NC)c1)NCc1cccc(OCC(N)=O)c1. The fraction of sp³-hybridized carbons (Fsp3) is 0.286. The summed E-state index contributed by atoms with van der Waals surface area (Å²) in [6.07, 6.45) is 0.752. The van der Waals surface area contributed by atoms with Crippen molar-refractivity contribution in [1.82, 2.24) is 16.0 Å². The highest BCUT2D eigenvalue weighted by Gasteiger charge is 2.05. The van der Waals surface area contributed by atoms with Gasteiger partial charge in [-0.1, -0.05) is 24.3 Å². The Morgan fingerprint density at radius 2 is 1.83 bits per heavy atom. The number of guanidine groups is 1. The average Bonchev–Trinajstić information content (AvgIpc) is 2.74. The second kappa shape index (κ2) is 11.3. The van der Waals surface area contributed by atoms with Crippen molar-refractivity contribution in [3.63, 3.8) is 0 Å². The number of nitrogens with zero attached hydrogens (tertiary/aromatic N) is 1. The van der Waals surface area contributed by atoms with Gasteiger partial charge in [-0.3, -0.25) is 14.6 Å². The van der Waals surface area contributed by atoms with Crippen molar-refractivity contribution in [2.24, 2.45) is 10.7 Å². The lowest BCUT2D eigenvalue weighted by molar-refractivity contribution is -0.119. The van der Waals surface area contributed by atoms with E-state index in [-0.39, 0.29) is 12.5 Å². The van der Waals surface area contributed by atoms with Crippen molar-refractivity contribution in [2.75, 3.05) is 27.2 Å². The molecule has 0 spiro atoms. The summed E-state index contributed by atoms with van der Waals surface area (Å²) in [7, 11) is 3.32. The van der Waals surface area contributed by atoms with E-state index in [2.05, 4.69) is 20.9 Å². The molecule has 0 fully saturated rings. The molecule has 0 aliphatic heterocycles.